The van der Waals surface area contributed by atoms with Gasteiger partial charge in [0.15, 0.2) is 5.82 Å². The molecular formula is C19H22N4O2S. The van der Waals surface area contributed by atoms with Gasteiger partial charge < -0.3 is 4.52 Å². The number of thiophene rings is 1. The van der Waals surface area contributed by atoms with Crippen LogP contribution >= 0.6 is 11.3 Å². The number of aromatic nitrogens is 4. The Morgan fingerprint density at radius 1 is 1.31 bits per heavy atom. The Bertz CT molecular complexity index is 1010. The van der Waals surface area contributed by atoms with Crippen molar-refractivity contribution >= 4 is 21.6 Å². The number of hydrogen-bond acceptors (Lipinski definition) is 6. The van der Waals surface area contributed by atoms with Gasteiger partial charge in [0.1, 0.15) is 4.83 Å². The van der Waals surface area contributed by atoms with E-state index < -0.39 is 0 Å². The first kappa shape index (κ1) is 16.2. The number of aryl methyl sites for hydroxylation is 1. The smallest absolute Gasteiger partial charge is 0.262 e. The maximum absolute atomic E-state index is 13.1. The molecule has 3 aromatic rings. The Hall–Kier alpha value is -2.02. The van der Waals surface area contributed by atoms with Crippen LogP contribution in [0.4, 0.5) is 0 Å². The van der Waals surface area contributed by atoms with Crippen LogP contribution < -0.4 is 5.56 Å². The second-order valence-electron chi connectivity index (χ2n) is 7.74. The summed E-state index contributed by atoms with van der Waals surface area (Å²) in [4.78, 5) is 24.3. The van der Waals surface area contributed by atoms with E-state index in [0.29, 0.717) is 24.2 Å². The van der Waals surface area contributed by atoms with Gasteiger partial charge in [-0.3, -0.25) is 9.36 Å². The Balaban J connectivity index is 1.48. The van der Waals surface area contributed by atoms with Crippen LogP contribution in [0.3, 0.4) is 0 Å². The lowest BCUT2D eigenvalue weighted by Crippen LogP contribution is -2.22. The van der Waals surface area contributed by atoms with Gasteiger partial charge in [0.2, 0.25) is 5.89 Å². The molecule has 0 bridgehead atoms. The van der Waals surface area contributed by atoms with Gasteiger partial charge in [-0.1, -0.05) is 24.9 Å². The molecule has 0 amide bonds. The predicted molar refractivity (Wildman–Crippen MR) is 99.7 cm³/mol. The lowest BCUT2D eigenvalue weighted by molar-refractivity contribution is 0.349. The molecule has 5 rings (SSSR count). The summed E-state index contributed by atoms with van der Waals surface area (Å²) in [6, 6.07) is 0. The molecule has 1 atom stereocenters. The molecule has 3 heterocycles. The summed E-state index contributed by atoms with van der Waals surface area (Å²) in [5.74, 6) is 2.36. The normalized spacial score (nSPS) is 20.7. The molecular weight excluding hydrogens is 348 g/mol. The first-order valence-electron chi connectivity index (χ1n) is 9.51. The predicted octanol–water partition coefficient (Wildman–Crippen LogP) is 3.67. The number of hydrogen-bond donors (Lipinski definition) is 0. The molecule has 7 heteroatoms. The Labute approximate surface area is 155 Å². The molecule has 6 nitrogen and oxygen atoms in total. The van der Waals surface area contributed by atoms with Crippen molar-refractivity contribution in [1.82, 2.24) is 19.7 Å². The first-order valence-corrected chi connectivity index (χ1v) is 10.3. The molecule has 0 N–H and O–H groups in total. The molecule has 1 fully saturated rings. The minimum atomic E-state index is 0.0225. The van der Waals surface area contributed by atoms with E-state index in [9.17, 15) is 4.79 Å². The van der Waals surface area contributed by atoms with Crippen molar-refractivity contribution in [3.05, 3.63) is 38.8 Å². The highest BCUT2D eigenvalue weighted by molar-refractivity contribution is 7.18. The minimum Gasteiger partial charge on any atom is -0.339 e. The average molecular weight is 370 g/mol. The molecule has 0 spiro atoms. The molecule has 26 heavy (non-hydrogen) atoms. The highest BCUT2D eigenvalue weighted by Crippen LogP contribution is 2.35. The van der Waals surface area contributed by atoms with Gasteiger partial charge in [0.05, 0.1) is 18.3 Å². The van der Waals surface area contributed by atoms with E-state index in [0.717, 1.165) is 48.2 Å². The summed E-state index contributed by atoms with van der Waals surface area (Å²) >= 11 is 1.68. The lowest BCUT2D eigenvalue weighted by Gasteiger charge is -2.17. The molecule has 0 aliphatic heterocycles. The van der Waals surface area contributed by atoms with Crippen LogP contribution in [0.2, 0.25) is 0 Å². The zero-order valence-corrected chi connectivity index (χ0v) is 15.7. The van der Waals surface area contributed by atoms with Gasteiger partial charge in [-0.2, -0.15) is 4.98 Å². The summed E-state index contributed by atoms with van der Waals surface area (Å²) in [5, 5.41) is 4.90. The van der Waals surface area contributed by atoms with E-state index >= 15 is 0 Å². The van der Waals surface area contributed by atoms with E-state index in [2.05, 4.69) is 22.0 Å². The SMILES string of the molecule is C[C@@H]1CCc2c(sc3ncn(Cc4noc(C5CCCC5)n4)c(=O)c23)C1. The maximum Gasteiger partial charge on any atom is 0.262 e. The van der Waals surface area contributed by atoms with Crippen molar-refractivity contribution in [2.45, 2.75) is 64.3 Å². The van der Waals surface area contributed by atoms with Gasteiger partial charge >= 0.3 is 0 Å². The molecule has 0 aromatic carbocycles. The fourth-order valence-electron chi connectivity index (χ4n) is 4.30. The minimum absolute atomic E-state index is 0.0225. The largest absolute Gasteiger partial charge is 0.339 e. The van der Waals surface area contributed by atoms with E-state index in [-0.39, 0.29) is 5.56 Å². The Kier molecular flexibility index (Phi) is 3.92. The molecule has 0 saturated heterocycles. The van der Waals surface area contributed by atoms with Crippen molar-refractivity contribution in [2.75, 3.05) is 0 Å². The van der Waals surface area contributed by atoms with Crippen LogP contribution in [0.15, 0.2) is 15.6 Å². The Morgan fingerprint density at radius 2 is 2.15 bits per heavy atom. The van der Waals surface area contributed by atoms with Crippen molar-refractivity contribution < 1.29 is 4.52 Å². The summed E-state index contributed by atoms with van der Waals surface area (Å²) in [5.41, 5.74) is 1.24. The van der Waals surface area contributed by atoms with Crippen LogP contribution in [0.25, 0.3) is 10.2 Å². The number of nitrogens with zero attached hydrogens (tertiary/aromatic N) is 4. The third-order valence-electron chi connectivity index (χ3n) is 5.78. The zero-order chi connectivity index (χ0) is 17.7. The quantitative estimate of drug-likeness (QED) is 0.703. The van der Waals surface area contributed by atoms with Crippen LogP contribution in [0, 0.1) is 5.92 Å². The third kappa shape index (κ3) is 2.69. The monoisotopic (exact) mass is 370 g/mol. The first-order chi connectivity index (χ1) is 12.7. The summed E-state index contributed by atoms with van der Waals surface area (Å²) in [7, 11) is 0. The topological polar surface area (TPSA) is 73.8 Å². The van der Waals surface area contributed by atoms with Crippen molar-refractivity contribution in [2.24, 2.45) is 5.92 Å². The van der Waals surface area contributed by atoms with E-state index in [1.54, 1.807) is 22.2 Å². The molecule has 2 aliphatic rings. The van der Waals surface area contributed by atoms with Gasteiger partial charge in [-0.05, 0) is 43.6 Å². The summed E-state index contributed by atoms with van der Waals surface area (Å²) < 4.78 is 7.06. The number of fused-ring (bicyclic) bond motifs is 3. The molecule has 2 aliphatic carbocycles. The molecule has 0 radical (unpaired) electrons. The molecule has 0 unspecified atom stereocenters. The maximum atomic E-state index is 13.1. The van der Waals surface area contributed by atoms with E-state index in [1.807, 2.05) is 0 Å². The van der Waals surface area contributed by atoms with Crippen LogP contribution in [-0.4, -0.2) is 19.7 Å². The van der Waals surface area contributed by atoms with E-state index in [4.69, 9.17) is 4.52 Å². The lowest BCUT2D eigenvalue weighted by atomic mass is 9.89. The van der Waals surface area contributed by atoms with Gasteiger partial charge in [-0.15, -0.1) is 11.3 Å². The van der Waals surface area contributed by atoms with Crippen LogP contribution in [0.1, 0.15) is 67.1 Å². The van der Waals surface area contributed by atoms with Crippen molar-refractivity contribution in [1.29, 1.82) is 0 Å². The fraction of sp³-hybridized carbons (Fsp3) is 0.579. The Morgan fingerprint density at radius 3 is 3.00 bits per heavy atom. The van der Waals surface area contributed by atoms with Crippen LogP contribution in [0.5, 0.6) is 0 Å². The second-order valence-corrected chi connectivity index (χ2v) is 8.82. The molecule has 136 valence electrons. The third-order valence-corrected chi connectivity index (χ3v) is 6.94. The van der Waals surface area contributed by atoms with Gasteiger partial charge in [-0.25, -0.2) is 4.98 Å². The standard InChI is InChI=1S/C19H22N4O2S/c1-11-6-7-13-14(8-11)26-18-16(13)19(24)23(10-20-18)9-15-21-17(25-22-15)12-4-2-3-5-12/h10-12H,2-9H2,1H3/t11-/m1/s1. The molecule has 1 saturated carbocycles. The second kappa shape index (κ2) is 6.30. The highest BCUT2D eigenvalue weighted by Gasteiger charge is 2.25. The van der Waals surface area contributed by atoms with E-state index in [1.165, 1.54) is 23.3 Å². The van der Waals surface area contributed by atoms with Crippen LogP contribution in [-0.2, 0) is 19.4 Å². The summed E-state index contributed by atoms with van der Waals surface area (Å²) in [6.07, 6.45) is 9.50. The number of rotatable bonds is 3. The molecule has 3 aromatic heterocycles. The zero-order valence-electron chi connectivity index (χ0n) is 14.9. The van der Waals surface area contributed by atoms with Gasteiger partial charge in [0.25, 0.3) is 5.56 Å². The van der Waals surface area contributed by atoms with Crippen molar-refractivity contribution in [3.8, 4) is 0 Å². The summed E-state index contributed by atoms with van der Waals surface area (Å²) in [6.45, 7) is 2.59. The average Bonchev–Trinajstić information content (AvgIpc) is 3.35. The van der Waals surface area contributed by atoms with Gasteiger partial charge in [0, 0.05) is 10.8 Å². The van der Waals surface area contributed by atoms with Crippen molar-refractivity contribution in [3.63, 3.8) is 0 Å². The fourth-order valence-corrected chi connectivity index (χ4v) is 5.64. The highest BCUT2D eigenvalue weighted by atomic mass is 32.1.